The second-order valence-electron chi connectivity index (χ2n) is 5.37. The molecule has 0 aliphatic carbocycles. The molecule has 0 spiro atoms. The number of imidazole rings is 1. The standard InChI is InChI=1S/C17H18N2/c1-11-5-6-16-18-15(10-19(16)9-11)17-13(3)7-12(2)8-14(17)4/h5-10H,1-4H3. The second kappa shape index (κ2) is 4.23. The van der Waals surface area contributed by atoms with Crippen molar-refractivity contribution < 1.29 is 0 Å². The van der Waals surface area contributed by atoms with E-state index in [0.717, 1.165) is 11.3 Å². The predicted octanol–water partition coefficient (Wildman–Crippen LogP) is 4.23. The molecule has 0 saturated heterocycles. The molecule has 2 heteroatoms. The lowest BCUT2D eigenvalue weighted by Gasteiger charge is -2.08. The molecule has 0 aliphatic heterocycles. The molecule has 0 atom stereocenters. The van der Waals surface area contributed by atoms with Gasteiger partial charge in [-0.05, 0) is 50.5 Å². The van der Waals surface area contributed by atoms with Crippen LogP contribution < -0.4 is 0 Å². The first-order valence-electron chi connectivity index (χ1n) is 6.58. The number of hydrogen-bond acceptors (Lipinski definition) is 1. The topological polar surface area (TPSA) is 17.3 Å². The minimum absolute atomic E-state index is 1.000. The van der Waals surface area contributed by atoms with Crippen molar-refractivity contribution in [1.29, 1.82) is 0 Å². The van der Waals surface area contributed by atoms with Gasteiger partial charge in [0.25, 0.3) is 0 Å². The van der Waals surface area contributed by atoms with E-state index in [4.69, 9.17) is 4.98 Å². The molecule has 0 unspecified atom stereocenters. The number of benzene rings is 1. The number of rotatable bonds is 1. The van der Waals surface area contributed by atoms with E-state index in [1.165, 1.54) is 27.8 Å². The fourth-order valence-electron chi connectivity index (χ4n) is 2.81. The van der Waals surface area contributed by atoms with Gasteiger partial charge < -0.3 is 4.40 Å². The third-order valence-electron chi connectivity index (χ3n) is 3.53. The van der Waals surface area contributed by atoms with Gasteiger partial charge in [-0.2, -0.15) is 0 Å². The van der Waals surface area contributed by atoms with Crippen LogP contribution in [-0.2, 0) is 0 Å². The highest BCUT2D eigenvalue weighted by Gasteiger charge is 2.10. The normalized spacial score (nSPS) is 11.2. The minimum atomic E-state index is 1.000. The van der Waals surface area contributed by atoms with E-state index in [1.807, 2.05) is 0 Å². The summed E-state index contributed by atoms with van der Waals surface area (Å²) >= 11 is 0. The van der Waals surface area contributed by atoms with Crippen molar-refractivity contribution in [2.75, 3.05) is 0 Å². The average molecular weight is 250 g/mol. The number of nitrogens with zero attached hydrogens (tertiary/aromatic N) is 2. The number of hydrogen-bond donors (Lipinski definition) is 0. The Bertz CT molecular complexity index is 743. The van der Waals surface area contributed by atoms with E-state index in [-0.39, 0.29) is 0 Å². The van der Waals surface area contributed by atoms with Crippen LogP contribution in [0.2, 0.25) is 0 Å². The van der Waals surface area contributed by atoms with Crippen molar-refractivity contribution in [2.24, 2.45) is 0 Å². The summed E-state index contributed by atoms with van der Waals surface area (Å²) in [6.07, 6.45) is 4.23. The number of fused-ring (bicyclic) bond motifs is 1. The summed E-state index contributed by atoms with van der Waals surface area (Å²) in [5, 5.41) is 0. The first-order valence-corrected chi connectivity index (χ1v) is 6.58. The Balaban J connectivity index is 2.24. The second-order valence-corrected chi connectivity index (χ2v) is 5.37. The molecule has 0 amide bonds. The molecule has 0 radical (unpaired) electrons. The van der Waals surface area contributed by atoms with E-state index in [2.05, 4.69) is 68.8 Å². The fourth-order valence-corrected chi connectivity index (χ4v) is 2.81. The molecule has 3 rings (SSSR count). The summed E-state index contributed by atoms with van der Waals surface area (Å²) in [7, 11) is 0. The summed E-state index contributed by atoms with van der Waals surface area (Å²) in [5.74, 6) is 0. The molecular weight excluding hydrogens is 232 g/mol. The Labute approximate surface area is 113 Å². The lowest BCUT2D eigenvalue weighted by atomic mass is 9.98. The van der Waals surface area contributed by atoms with E-state index in [1.54, 1.807) is 0 Å². The van der Waals surface area contributed by atoms with Crippen LogP contribution in [0.25, 0.3) is 16.9 Å². The van der Waals surface area contributed by atoms with Crippen molar-refractivity contribution >= 4 is 5.65 Å². The highest BCUT2D eigenvalue weighted by molar-refractivity contribution is 5.70. The van der Waals surface area contributed by atoms with Crippen molar-refractivity contribution in [1.82, 2.24) is 9.38 Å². The van der Waals surface area contributed by atoms with Crippen LogP contribution in [0.15, 0.2) is 36.7 Å². The van der Waals surface area contributed by atoms with Crippen molar-refractivity contribution in [3.05, 3.63) is 58.9 Å². The molecule has 0 aliphatic rings. The van der Waals surface area contributed by atoms with Gasteiger partial charge in [0.1, 0.15) is 5.65 Å². The lowest BCUT2D eigenvalue weighted by Crippen LogP contribution is -1.89. The van der Waals surface area contributed by atoms with Gasteiger partial charge in [0.05, 0.1) is 5.69 Å². The van der Waals surface area contributed by atoms with Crippen molar-refractivity contribution in [3.63, 3.8) is 0 Å². The van der Waals surface area contributed by atoms with Gasteiger partial charge in [0.15, 0.2) is 0 Å². The largest absolute Gasteiger partial charge is 0.306 e. The van der Waals surface area contributed by atoms with Crippen molar-refractivity contribution in [2.45, 2.75) is 27.7 Å². The molecule has 2 heterocycles. The van der Waals surface area contributed by atoms with Crippen LogP contribution in [0.3, 0.4) is 0 Å². The maximum Gasteiger partial charge on any atom is 0.137 e. The van der Waals surface area contributed by atoms with Crippen LogP contribution in [0, 0.1) is 27.7 Å². The zero-order valence-electron chi connectivity index (χ0n) is 11.9. The van der Waals surface area contributed by atoms with Gasteiger partial charge in [-0.15, -0.1) is 0 Å². The fraction of sp³-hybridized carbons (Fsp3) is 0.235. The predicted molar refractivity (Wildman–Crippen MR) is 79.6 cm³/mol. The van der Waals surface area contributed by atoms with Gasteiger partial charge >= 0.3 is 0 Å². The molecule has 0 fully saturated rings. The monoisotopic (exact) mass is 250 g/mol. The van der Waals surface area contributed by atoms with E-state index >= 15 is 0 Å². The first kappa shape index (κ1) is 12.0. The number of pyridine rings is 1. The van der Waals surface area contributed by atoms with Gasteiger partial charge in [0.2, 0.25) is 0 Å². The summed E-state index contributed by atoms with van der Waals surface area (Å²) in [4.78, 5) is 4.74. The molecule has 96 valence electrons. The van der Waals surface area contributed by atoms with Crippen molar-refractivity contribution in [3.8, 4) is 11.3 Å². The van der Waals surface area contributed by atoms with Crippen LogP contribution in [0.1, 0.15) is 22.3 Å². The summed E-state index contributed by atoms with van der Waals surface area (Å²) in [5.41, 5.74) is 8.44. The summed E-state index contributed by atoms with van der Waals surface area (Å²) in [6.45, 7) is 8.55. The molecule has 2 nitrogen and oxygen atoms in total. The minimum Gasteiger partial charge on any atom is -0.306 e. The third kappa shape index (κ3) is 2.03. The highest BCUT2D eigenvalue weighted by atomic mass is 15.0. The maximum absolute atomic E-state index is 4.74. The highest BCUT2D eigenvalue weighted by Crippen LogP contribution is 2.27. The van der Waals surface area contributed by atoms with Gasteiger partial charge in [-0.25, -0.2) is 4.98 Å². The Kier molecular flexibility index (Phi) is 2.67. The lowest BCUT2D eigenvalue weighted by molar-refractivity contribution is 1.16. The average Bonchev–Trinajstić information content (AvgIpc) is 2.69. The van der Waals surface area contributed by atoms with Crippen LogP contribution in [0.5, 0.6) is 0 Å². The summed E-state index contributed by atoms with van der Waals surface area (Å²) < 4.78 is 2.10. The Morgan fingerprint density at radius 3 is 2.21 bits per heavy atom. The van der Waals surface area contributed by atoms with Crippen LogP contribution in [-0.4, -0.2) is 9.38 Å². The van der Waals surface area contributed by atoms with Crippen LogP contribution in [0.4, 0.5) is 0 Å². The molecule has 0 bridgehead atoms. The smallest absolute Gasteiger partial charge is 0.137 e. The Morgan fingerprint density at radius 2 is 1.53 bits per heavy atom. The number of aryl methyl sites for hydroxylation is 4. The molecule has 2 aromatic heterocycles. The zero-order chi connectivity index (χ0) is 13.6. The van der Waals surface area contributed by atoms with E-state index in [0.29, 0.717) is 0 Å². The van der Waals surface area contributed by atoms with Gasteiger partial charge in [-0.1, -0.05) is 23.8 Å². The Hall–Kier alpha value is -2.09. The zero-order valence-corrected chi connectivity index (χ0v) is 11.9. The molecule has 0 N–H and O–H groups in total. The number of aromatic nitrogens is 2. The molecule has 3 aromatic rings. The third-order valence-corrected chi connectivity index (χ3v) is 3.53. The Morgan fingerprint density at radius 1 is 0.842 bits per heavy atom. The molecule has 19 heavy (non-hydrogen) atoms. The van der Waals surface area contributed by atoms with Crippen LogP contribution >= 0.6 is 0 Å². The van der Waals surface area contributed by atoms with E-state index < -0.39 is 0 Å². The molecule has 1 aromatic carbocycles. The van der Waals surface area contributed by atoms with Gasteiger partial charge in [0, 0.05) is 18.0 Å². The quantitative estimate of drug-likeness (QED) is 0.631. The molecule has 0 saturated carbocycles. The maximum atomic E-state index is 4.74. The SMILES string of the molecule is Cc1cc(C)c(-c2cn3cc(C)ccc3n2)c(C)c1. The van der Waals surface area contributed by atoms with E-state index in [9.17, 15) is 0 Å². The van der Waals surface area contributed by atoms with Gasteiger partial charge in [-0.3, -0.25) is 0 Å². The summed E-state index contributed by atoms with van der Waals surface area (Å²) in [6, 6.07) is 8.61. The molecular formula is C17H18N2. The first-order chi connectivity index (χ1) is 9.04.